The first-order valence-corrected chi connectivity index (χ1v) is 5.62. The smallest absolute Gasteiger partial charge is 0.171 e. The molecule has 1 unspecified atom stereocenters. The van der Waals surface area contributed by atoms with Crippen molar-refractivity contribution in [1.29, 1.82) is 0 Å². The number of nitrogens with two attached hydrogens (primary N) is 1. The summed E-state index contributed by atoms with van der Waals surface area (Å²) in [7, 11) is 0. The van der Waals surface area contributed by atoms with Crippen LogP contribution in [0.2, 0.25) is 0 Å². The van der Waals surface area contributed by atoms with Crippen molar-refractivity contribution in [2.75, 3.05) is 23.7 Å². The minimum absolute atomic E-state index is 0.551. The van der Waals surface area contributed by atoms with E-state index in [0.717, 1.165) is 24.8 Å². The Kier molecular flexibility index (Phi) is 3.04. The molecule has 1 aliphatic heterocycles. The number of aromatic nitrogens is 2. The first-order valence-electron chi connectivity index (χ1n) is 5.62. The molecule has 0 radical (unpaired) electrons. The molecule has 0 bridgehead atoms. The van der Waals surface area contributed by atoms with Crippen LogP contribution >= 0.6 is 0 Å². The number of hydrogen-bond acceptors (Lipinski definition) is 4. The van der Waals surface area contributed by atoms with E-state index in [1.54, 1.807) is 12.4 Å². The topological polar surface area (TPSA) is 55.0 Å². The van der Waals surface area contributed by atoms with Crippen LogP contribution in [0.1, 0.15) is 26.2 Å². The molecule has 1 atom stereocenters. The number of rotatable bonds is 3. The van der Waals surface area contributed by atoms with E-state index >= 15 is 0 Å². The fourth-order valence-electron chi connectivity index (χ4n) is 2.25. The molecule has 0 amide bonds. The van der Waals surface area contributed by atoms with Crippen molar-refractivity contribution in [3.63, 3.8) is 0 Å². The zero-order valence-corrected chi connectivity index (χ0v) is 9.19. The van der Waals surface area contributed by atoms with E-state index in [4.69, 9.17) is 5.73 Å². The highest BCUT2D eigenvalue weighted by Crippen LogP contribution is 2.27. The van der Waals surface area contributed by atoms with E-state index in [1.165, 1.54) is 19.3 Å². The molecule has 1 aliphatic rings. The van der Waals surface area contributed by atoms with Crippen molar-refractivity contribution in [2.45, 2.75) is 26.2 Å². The van der Waals surface area contributed by atoms with Gasteiger partial charge in [-0.25, -0.2) is 9.97 Å². The molecule has 1 aromatic rings. The zero-order valence-electron chi connectivity index (χ0n) is 9.19. The molecule has 0 spiro atoms. The Morgan fingerprint density at radius 3 is 3.00 bits per heavy atom. The average Bonchev–Trinajstić information content (AvgIpc) is 2.68. The summed E-state index contributed by atoms with van der Waals surface area (Å²) < 4.78 is 0. The van der Waals surface area contributed by atoms with Crippen molar-refractivity contribution in [1.82, 2.24) is 9.97 Å². The summed E-state index contributed by atoms with van der Waals surface area (Å²) in [4.78, 5) is 10.6. The number of anilines is 2. The lowest BCUT2D eigenvalue weighted by molar-refractivity contribution is 0.529. The van der Waals surface area contributed by atoms with E-state index in [-0.39, 0.29) is 0 Å². The predicted octanol–water partition coefficient (Wildman–Crippen LogP) is 1.69. The van der Waals surface area contributed by atoms with Crippen LogP contribution in [0, 0.1) is 5.92 Å². The van der Waals surface area contributed by atoms with Crippen molar-refractivity contribution in [2.24, 2.45) is 5.92 Å². The third-order valence-corrected chi connectivity index (χ3v) is 2.99. The molecule has 1 fully saturated rings. The van der Waals surface area contributed by atoms with Gasteiger partial charge >= 0.3 is 0 Å². The van der Waals surface area contributed by atoms with Gasteiger partial charge in [0.15, 0.2) is 11.6 Å². The second-order valence-corrected chi connectivity index (χ2v) is 4.15. The highest BCUT2D eigenvalue weighted by atomic mass is 15.2. The van der Waals surface area contributed by atoms with Crippen molar-refractivity contribution in [3.8, 4) is 0 Å². The summed E-state index contributed by atoms with van der Waals surface area (Å²) in [6, 6.07) is 0. The molecule has 0 aliphatic carbocycles. The second kappa shape index (κ2) is 4.47. The SMILES string of the molecule is CCCC1CCN(c2nccnc2N)C1. The van der Waals surface area contributed by atoms with Gasteiger partial charge < -0.3 is 10.6 Å². The van der Waals surface area contributed by atoms with Crippen LogP contribution in [0.3, 0.4) is 0 Å². The van der Waals surface area contributed by atoms with Crippen LogP contribution in [-0.4, -0.2) is 23.1 Å². The van der Waals surface area contributed by atoms with Crippen molar-refractivity contribution >= 4 is 11.6 Å². The molecule has 1 aromatic heterocycles. The van der Waals surface area contributed by atoms with E-state index < -0.39 is 0 Å². The Bertz CT molecular complexity index is 326. The van der Waals surface area contributed by atoms with Crippen LogP contribution in [-0.2, 0) is 0 Å². The van der Waals surface area contributed by atoms with Crippen LogP contribution in [0.15, 0.2) is 12.4 Å². The Labute approximate surface area is 90.5 Å². The summed E-state index contributed by atoms with van der Waals surface area (Å²) in [6.07, 6.45) is 7.16. The Morgan fingerprint density at radius 1 is 1.47 bits per heavy atom. The van der Waals surface area contributed by atoms with E-state index in [2.05, 4.69) is 21.8 Å². The molecular formula is C11H18N4. The van der Waals surface area contributed by atoms with Crippen LogP contribution < -0.4 is 10.6 Å². The van der Waals surface area contributed by atoms with Crippen LogP contribution in [0.25, 0.3) is 0 Å². The maximum absolute atomic E-state index is 5.80. The lowest BCUT2D eigenvalue weighted by Gasteiger charge is -2.18. The molecule has 82 valence electrons. The minimum Gasteiger partial charge on any atom is -0.381 e. The maximum Gasteiger partial charge on any atom is 0.171 e. The highest BCUT2D eigenvalue weighted by molar-refractivity contribution is 5.57. The lowest BCUT2D eigenvalue weighted by atomic mass is 10.0. The summed E-state index contributed by atoms with van der Waals surface area (Å²) in [5.74, 6) is 2.21. The molecule has 4 heteroatoms. The normalized spacial score (nSPS) is 20.9. The molecule has 15 heavy (non-hydrogen) atoms. The first-order chi connectivity index (χ1) is 7.31. The predicted molar refractivity (Wildman–Crippen MR) is 61.7 cm³/mol. The third-order valence-electron chi connectivity index (χ3n) is 2.99. The summed E-state index contributed by atoms with van der Waals surface area (Å²) in [6.45, 7) is 4.38. The number of nitrogens with zero attached hydrogens (tertiary/aromatic N) is 3. The van der Waals surface area contributed by atoms with Gasteiger partial charge in [0.05, 0.1) is 0 Å². The maximum atomic E-state index is 5.80. The van der Waals surface area contributed by atoms with Crippen LogP contribution in [0.5, 0.6) is 0 Å². The van der Waals surface area contributed by atoms with Gasteiger partial charge in [-0.05, 0) is 18.8 Å². The second-order valence-electron chi connectivity index (χ2n) is 4.15. The highest BCUT2D eigenvalue weighted by Gasteiger charge is 2.24. The van der Waals surface area contributed by atoms with Gasteiger partial charge in [-0.15, -0.1) is 0 Å². The lowest BCUT2D eigenvalue weighted by Crippen LogP contribution is -2.22. The fraction of sp³-hybridized carbons (Fsp3) is 0.636. The largest absolute Gasteiger partial charge is 0.381 e. The Hall–Kier alpha value is -1.32. The molecule has 0 saturated carbocycles. The van der Waals surface area contributed by atoms with Gasteiger partial charge in [0.2, 0.25) is 0 Å². The minimum atomic E-state index is 0.551. The average molecular weight is 206 g/mol. The number of nitrogen functional groups attached to an aromatic ring is 1. The van der Waals surface area contributed by atoms with Gasteiger partial charge in [-0.1, -0.05) is 13.3 Å². The molecular weight excluding hydrogens is 188 g/mol. The monoisotopic (exact) mass is 206 g/mol. The first kappa shape index (κ1) is 10.2. The molecule has 2 heterocycles. The standard InChI is InChI=1S/C11H18N4/c1-2-3-9-4-7-15(8-9)11-10(12)13-5-6-14-11/h5-6,9H,2-4,7-8H2,1H3,(H2,12,13). The van der Waals surface area contributed by atoms with E-state index in [9.17, 15) is 0 Å². The Balaban J connectivity index is 2.04. The van der Waals surface area contributed by atoms with Crippen molar-refractivity contribution in [3.05, 3.63) is 12.4 Å². The summed E-state index contributed by atoms with van der Waals surface area (Å²) >= 11 is 0. The molecule has 0 aromatic carbocycles. The van der Waals surface area contributed by atoms with Gasteiger partial charge in [-0.3, -0.25) is 0 Å². The number of hydrogen-bond donors (Lipinski definition) is 1. The summed E-state index contributed by atoms with van der Waals surface area (Å²) in [5.41, 5.74) is 5.80. The van der Waals surface area contributed by atoms with Crippen LogP contribution in [0.4, 0.5) is 11.6 Å². The van der Waals surface area contributed by atoms with E-state index in [1.807, 2.05) is 0 Å². The summed E-state index contributed by atoms with van der Waals surface area (Å²) in [5, 5.41) is 0. The third kappa shape index (κ3) is 2.19. The molecule has 4 nitrogen and oxygen atoms in total. The Morgan fingerprint density at radius 2 is 2.27 bits per heavy atom. The van der Waals surface area contributed by atoms with Gasteiger partial charge in [0.25, 0.3) is 0 Å². The van der Waals surface area contributed by atoms with Crippen molar-refractivity contribution < 1.29 is 0 Å². The van der Waals surface area contributed by atoms with Gasteiger partial charge in [0.1, 0.15) is 0 Å². The van der Waals surface area contributed by atoms with Gasteiger partial charge in [-0.2, -0.15) is 0 Å². The fourth-order valence-corrected chi connectivity index (χ4v) is 2.25. The quantitative estimate of drug-likeness (QED) is 0.817. The molecule has 1 saturated heterocycles. The molecule has 2 N–H and O–H groups in total. The van der Waals surface area contributed by atoms with E-state index in [0.29, 0.717) is 5.82 Å². The zero-order chi connectivity index (χ0) is 10.7. The molecule has 2 rings (SSSR count). The van der Waals surface area contributed by atoms with Gasteiger partial charge in [0, 0.05) is 25.5 Å².